The van der Waals surface area contributed by atoms with Crippen LogP contribution in [0.15, 0.2) is 36.1 Å². The molecule has 0 amide bonds. The zero-order chi connectivity index (χ0) is 10.0. The molecular weight excluding hydrogens is 180 g/mol. The summed E-state index contributed by atoms with van der Waals surface area (Å²) in [7, 11) is 0. The quantitative estimate of drug-likeness (QED) is 0.673. The molecule has 0 radical (unpaired) electrons. The minimum atomic E-state index is -0.405. The SMILES string of the molecule is CC1(N)C=CC=C(N2OCCO2)C=C1. The molecule has 14 heavy (non-hydrogen) atoms. The van der Waals surface area contributed by atoms with Crippen LogP contribution in [0.1, 0.15) is 6.92 Å². The van der Waals surface area contributed by atoms with Gasteiger partial charge in [-0.15, -0.1) is 5.23 Å². The van der Waals surface area contributed by atoms with Crippen molar-refractivity contribution >= 4 is 0 Å². The summed E-state index contributed by atoms with van der Waals surface area (Å²) in [6, 6.07) is 0. The van der Waals surface area contributed by atoms with Crippen LogP contribution in [0.25, 0.3) is 0 Å². The van der Waals surface area contributed by atoms with Gasteiger partial charge in [0.05, 0.1) is 11.2 Å². The van der Waals surface area contributed by atoms with E-state index in [9.17, 15) is 0 Å². The van der Waals surface area contributed by atoms with E-state index in [1.165, 1.54) is 5.23 Å². The first kappa shape index (κ1) is 9.45. The van der Waals surface area contributed by atoms with Gasteiger partial charge in [-0.05, 0) is 19.1 Å². The van der Waals surface area contributed by atoms with Crippen molar-refractivity contribution in [2.45, 2.75) is 12.5 Å². The fraction of sp³-hybridized carbons (Fsp3) is 0.400. The van der Waals surface area contributed by atoms with Gasteiger partial charge in [0.1, 0.15) is 13.2 Å². The summed E-state index contributed by atoms with van der Waals surface area (Å²) in [6.45, 7) is 3.12. The maximum atomic E-state index is 5.93. The molecule has 0 bridgehead atoms. The van der Waals surface area contributed by atoms with E-state index in [4.69, 9.17) is 15.4 Å². The van der Waals surface area contributed by atoms with E-state index in [0.29, 0.717) is 13.2 Å². The highest BCUT2D eigenvalue weighted by atomic mass is 17.0. The molecule has 0 aromatic heterocycles. The summed E-state index contributed by atoms with van der Waals surface area (Å²) in [5.74, 6) is 0. The number of nitrogens with two attached hydrogens (primary N) is 1. The highest BCUT2D eigenvalue weighted by Gasteiger charge is 2.18. The molecule has 2 aliphatic rings. The van der Waals surface area contributed by atoms with E-state index in [1.54, 1.807) is 0 Å². The Hall–Kier alpha value is -1.10. The van der Waals surface area contributed by atoms with Gasteiger partial charge in [-0.25, -0.2) is 9.68 Å². The normalized spacial score (nSPS) is 31.9. The molecule has 76 valence electrons. The highest BCUT2D eigenvalue weighted by Crippen LogP contribution is 2.17. The van der Waals surface area contributed by atoms with E-state index in [1.807, 2.05) is 37.3 Å². The number of hydrogen-bond acceptors (Lipinski definition) is 4. The molecular formula is C10H14N2O2. The van der Waals surface area contributed by atoms with Gasteiger partial charge in [0, 0.05) is 0 Å². The summed E-state index contributed by atoms with van der Waals surface area (Å²) in [6.07, 6.45) is 9.53. The molecule has 1 heterocycles. The number of nitrogens with zero attached hydrogens (tertiary/aromatic N) is 1. The number of hydrogen-bond donors (Lipinski definition) is 1. The smallest absolute Gasteiger partial charge is 0.104 e. The van der Waals surface area contributed by atoms with Gasteiger partial charge in [0.2, 0.25) is 0 Å². The van der Waals surface area contributed by atoms with Gasteiger partial charge < -0.3 is 5.73 Å². The number of allylic oxidation sites excluding steroid dienone is 3. The molecule has 0 aromatic rings. The standard InChI is InChI=1S/C10H14N2O2/c1-10(11)5-2-3-9(4-6-10)12-13-7-8-14-12/h2-6H,7-8,11H2,1H3. The molecule has 0 spiro atoms. The summed E-state index contributed by atoms with van der Waals surface area (Å²) >= 11 is 0. The molecule has 4 heteroatoms. The van der Waals surface area contributed by atoms with Crippen molar-refractivity contribution in [1.82, 2.24) is 5.23 Å². The van der Waals surface area contributed by atoms with E-state index < -0.39 is 5.54 Å². The predicted octanol–water partition coefficient (Wildman–Crippen LogP) is 0.893. The summed E-state index contributed by atoms with van der Waals surface area (Å²) in [5.41, 5.74) is 6.38. The van der Waals surface area contributed by atoms with E-state index in [0.717, 1.165) is 5.70 Å². The summed E-state index contributed by atoms with van der Waals surface area (Å²) in [5, 5.41) is 1.42. The fourth-order valence-corrected chi connectivity index (χ4v) is 1.28. The van der Waals surface area contributed by atoms with Crippen LogP contribution in [0.5, 0.6) is 0 Å². The van der Waals surface area contributed by atoms with Crippen LogP contribution in [0.4, 0.5) is 0 Å². The van der Waals surface area contributed by atoms with Crippen LogP contribution < -0.4 is 5.73 Å². The third kappa shape index (κ3) is 2.04. The Morgan fingerprint density at radius 1 is 1.36 bits per heavy atom. The minimum Gasteiger partial charge on any atom is -0.319 e. The maximum Gasteiger partial charge on any atom is 0.104 e. The predicted molar refractivity (Wildman–Crippen MR) is 52.7 cm³/mol. The lowest BCUT2D eigenvalue weighted by Gasteiger charge is -2.15. The zero-order valence-electron chi connectivity index (χ0n) is 8.14. The molecule has 2 rings (SSSR count). The average Bonchev–Trinajstić information content (AvgIpc) is 2.58. The molecule has 2 N–H and O–H groups in total. The maximum absolute atomic E-state index is 5.93. The Kier molecular flexibility index (Phi) is 2.41. The highest BCUT2D eigenvalue weighted by molar-refractivity contribution is 5.31. The Morgan fingerprint density at radius 3 is 2.79 bits per heavy atom. The van der Waals surface area contributed by atoms with Gasteiger partial charge in [-0.1, -0.05) is 18.2 Å². The Morgan fingerprint density at radius 2 is 2.07 bits per heavy atom. The van der Waals surface area contributed by atoms with E-state index >= 15 is 0 Å². The van der Waals surface area contributed by atoms with Gasteiger partial charge in [-0.2, -0.15) is 0 Å². The first-order valence-electron chi connectivity index (χ1n) is 4.61. The topological polar surface area (TPSA) is 47.7 Å². The monoisotopic (exact) mass is 194 g/mol. The second-order valence-corrected chi connectivity index (χ2v) is 3.57. The first-order chi connectivity index (χ1) is 6.67. The lowest BCUT2D eigenvalue weighted by atomic mass is 10.0. The van der Waals surface area contributed by atoms with E-state index in [-0.39, 0.29) is 0 Å². The molecule has 1 unspecified atom stereocenters. The van der Waals surface area contributed by atoms with Crippen molar-refractivity contribution in [3.05, 3.63) is 36.1 Å². The van der Waals surface area contributed by atoms with Crippen LogP contribution in [0.3, 0.4) is 0 Å². The average molecular weight is 194 g/mol. The van der Waals surface area contributed by atoms with Crippen molar-refractivity contribution < 1.29 is 9.68 Å². The molecule has 1 atom stereocenters. The van der Waals surface area contributed by atoms with Gasteiger partial charge in [0.25, 0.3) is 0 Å². The van der Waals surface area contributed by atoms with Crippen molar-refractivity contribution in [3.63, 3.8) is 0 Å². The lowest BCUT2D eigenvalue weighted by molar-refractivity contribution is -0.268. The van der Waals surface area contributed by atoms with Crippen molar-refractivity contribution in [3.8, 4) is 0 Å². The zero-order valence-corrected chi connectivity index (χ0v) is 8.14. The molecule has 1 aliphatic carbocycles. The van der Waals surface area contributed by atoms with Crippen LogP contribution >= 0.6 is 0 Å². The van der Waals surface area contributed by atoms with Gasteiger partial charge >= 0.3 is 0 Å². The minimum absolute atomic E-state index is 0.405. The van der Waals surface area contributed by atoms with Gasteiger partial charge in [-0.3, -0.25) is 0 Å². The second kappa shape index (κ2) is 3.57. The molecule has 0 saturated carbocycles. The van der Waals surface area contributed by atoms with E-state index in [2.05, 4.69) is 0 Å². The fourth-order valence-electron chi connectivity index (χ4n) is 1.28. The summed E-state index contributed by atoms with van der Waals surface area (Å²) in [4.78, 5) is 10.5. The largest absolute Gasteiger partial charge is 0.319 e. The summed E-state index contributed by atoms with van der Waals surface area (Å²) < 4.78 is 0. The van der Waals surface area contributed by atoms with Crippen LogP contribution in [0, 0.1) is 0 Å². The molecule has 0 aromatic carbocycles. The number of hydroxylamine groups is 2. The Bertz CT molecular complexity index is 299. The Balaban J connectivity index is 2.14. The van der Waals surface area contributed by atoms with Crippen LogP contribution in [-0.4, -0.2) is 24.0 Å². The van der Waals surface area contributed by atoms with Crippen molar-refractivity contribution in [2.24, 2.45) is 5.73 Å². The van der Waals surface area contributed by atoms with Crippen LogP contribution in [-0.2, 0) is 9.68 Å². The molecule has 1 aliphatic heterocycles. The molecule has 4 nitrogen and oxygen atoms in total. The number of rotatable bonds is 1. The van der Waals surface area contributed by atoms with Crippen molar-refractivity contribution in [1.29, 1.82) is 0 Å². The van der Waals surface area contributed by atoms with Crippen molar-refractivity contribution in [2.75, 3.05) is 13.2 Å². The lowest BCUT2D eigenvalue weighted by Crippen LogP contribution is -2.30. The second-order valence-electron chi connectivity index (χ2n) is 3.57. The third-order valence-electron chi connectivity index (χ3n) is 2.05. The van der Waals surface area contributed by atoms with Gasteiger partial charge in [0.15, 0.2) is 0 Å². The Labute approximate surface area is 83.2 Å². The molecule has 1 fully saturated rings. The third-order valence-corrected chi connectivity index (χ3v) is 2.05. The van der Waals surface area contributed by atoms with Crippen LogP contribution in [0.2, 0.25) is 0 Å². The molecule has 1 saturated heterocycles. The first-order valence-corrected chi connectivity index (χ1v) is 4.61.